The Hall–Kier alpha value is -0.850. The molecule has 0 aromatic heterocycles. The monoisotopic (exact) mass is 370 g/mol. The molecule has 0 bridgehead atoms. The first-order valence-corrected chi connectivity index (χ1v) is 9.72. The van der Waals surface area contributed by atoms with Crippen LogP contribution in [0.1, 0.15) is 44.6 Å². The molecule has 0 radical (unpaired) electrons. The average molecular weight is 370 g/mol. The first kappa shape index (κ1) is 22.2. The normalized spacial score (nSPS) is 11.0. The number of ether oxygens (including phenoxy) is 1. The third kappa shape index (κ3) is 7.92. The van der Waals surface area contributed by atoms with Crippen molar-refractivity contribution in [1.29, 1.82) is 0 Å². The SMILES string of the molecule is CCCCCCCc1cccc(Oc2cccc(S(=O)(=O)[O-])c2)c1.[Na+]. The summed E-state index contributed by atoms with van der Waals surface area (Å²) < 4.78 is 38.9. The maximum atomic E-state index is 11.1. The van der Waals surface area contributed by atoms with Crippen molar-refractivity contribution in [1.82, 2.24) is 0 Å². The maximum absolute atomic E-state index is 11.1. The quantitative estimate of drug-likeness (QED) is 0.384. The molecule has 25 heavy (non-hydrogen) atoms. The zero-order chi connectivity index (χ0) is 17.4. The molecule has 0 aliphatic carbocycles. The predicted molar refractivity (Wildman–Crippen MR) is 93.4 cm³/mol. The second-order valence-corrected chi connectivity index (χ2v) is 7.22. The molecule has 0 aliphatic rings. The molecule has 0 spiro atoms. The molecule has 2 aromatic carbocycles. The van der Waals surface area contributed by atoms with E-state index in [1.165, 1.54) is 49.4 Å². The van der Waals surface area contributed by atoms with Crippen molar-refractivity contribution in [3.63, 3.8) is 0 Å². The van der Waals surface area contributed by atoms with Gasteiger partial charge in [-0.05, 0) is 48.7 Å². The summed E-state index contributed by atoms with van der Waals surface area (Å²) in [5, 5.41) is 0. The van der Waals surface area contributed by atoms with Crippen LogP contribution in [-0.4, -0.2) is 13.0 Å². The zero-order valence-corrected chi connectivity index (χ0v) is 17.7. The van der Waals surface area contributed by atoms with Crippen LogP contribution in [0.3, 0.4) is 0 Å². The van der Waals surface area contributed by atoms with E-state index in [0.717, 1.165) is 12.8 Å². The van der Waals surface area contributed by atoms with Crippen LogP contribution in [-0.2, 0) is 16.5 Å². The van der Waals surface area contributed by atoms with Gasteiger partial charge in [0, 0.05) is 0 Å². The molecule has 0 saturated heterocycles. The molecular formula is C19H23NaO4S. The summed E-state index contributed by atoms with van der Waals surface area (Å²) in [6.45, 7) is 2.20. The number of hydrogen-bond acceptors (Lipinski definition) is 4. The van der Waals surface area contributed by atoms with E-state index in [-0.39, 0.29) is 34.5 Å². The van der Waals surface area contributed by atoms with Crippen molar-refractivity contribution in [3.05, 3.63) is 54.1 Å². The summed E-state index contributed by atoms with van der Waals surface area (Å²) in [5.41, 5.74) is 1.19. The van der Waals surface area contributed by atoms with E-state index in [2.05, 4.69) is 13.0 Å². The largest absolute Gasteiger partial charge is 1.00 e. The van der Waals surface area contributed by atoms with Gasteiger partial charge in [-0.15, -0.1) is 0 Å². The second-order valence-electron chi connectivity index (χ2n) is 5.84. The Kier molecular flexibility index (Phi) is 9.75. The van der Waals surface area contributed by atoms with Gasteiger partial charge in [0.1, 0.15) is 21.6 Å². The number of benzene rings is 2. The van der Waals surface area contributed by atoms with Crippen molar-refractivity contribution < 1.29 is 47.3 Å². The van der Waals surface area contributed by atoms with Crippen molar-refractivity contribution >= 4 is 10.1 Å². The second kappa shape index (κ2) is 11.0. The standard InChI is InChI=1S/C19H24O4S.Na/c1-2-3-4-5-6-9-16-10-7-11-17(14-16)23-18-12-8-13-19(15-18)24(20,21)22;/h7-8,10-15H,2-6,9H2,1H3,(H,20,21,22);/q;+1/p-1. The minimum absolute atomic E-state index is 0. The molecular weight excluding hydrogens is 347 g/mol. The van der Waals surface area contributed by atoms with Gasteiger partial charge in [0.25, 0.3) is 0 Å². The third-order valence-electron chi connectivity index (χ3n) is 3.80. The molecule has 0 unspecified atom stereocenters. The van der Waals surface area contributed by atoms with Gasteiger partial charge in [0.2, 0.25) is 0 Å². The van der Waals surface area contributed by atoms with Gasteiger partial charge in [-0.1, -0.05) is 50.8 Å². The Bertz CT molecular complexity index is 760. The molecule has 0 heterocycles. The summed E-state index contributed by atoms with van der Waals surface area (Å²) in [4.78, 5) is -0.285. The van der Waals surface area contributed by atoms with Crippen LogP contribution < -0.4 is 34.3 Å². The zero-order valence-electron chi connectivity index (χ0n) is 14.9. The Labute approximate surface area is 172 Å². The Morgan fingerprint density at radius 3 is 2.24 bits per heavy atom. The van der Waals surface area contributed by atoms with E-state index in [1.807, 2.05) is 18.2 Å². The number of rotatable bonds is 9. The van der Waals surface area contributed by atoms with E-state index >= 15 is 0 Å². The minimum Gasteiger partial charge on any atom is -0.744 e. The molecule has 0 aliphatic heterocycles. The summed E-state index contributed by atoms with van der Waals surface area (Å²) in [6, 6.07) is 13.4. The van der Waals surface area contributed by atoms with Crippen molar-refractivity contribution in [2.75, 3.05) is 0 Å². The topological polar surface area (TPSA) is 66.4 Å². The third-order valence-corrected chi connectivity index (χ3v) is 4.63. The van der Waals surface area contributed by atoms with Crippen LogP contribution in [0.4, 0.5) is 0 Å². The van der Waals surface area contributed by atoms with Gasteiger partial charge >= 0.3 is 29.6 Å². The molecule has 6 heteroatoms. The molecule has 0 atom stereocenters. The van der Waals surface area contributed by atoms with Crippen LogP contribution in [0.15, 0.2) is 53.4 Å². The van der Waals surface area contributed by atoms with E-state index < -0.39 is 10.1 Å². The molecule has 4 nitrogen and oxygen atoms in total. The van der Waals surface area contributed by atoms with Gasteiger partial charge in [0.15, 0.2) is 0 Å². The van der Waals surface area contributed by atoms with Gasteiger partial charge < -0.3 is 9.29 Å². The fraction of sp³-hybridized carbons (Fsp3) is 0.368. The molecule has 0 fully saturated rings. The van der Waals surface area contributed by atoms with Crippen LogP contribution in [0, 0.1) is 0 Å². The van der Waals surface area contributed by atoms with Crippen LogP contribution >= 0.6 is 0 Å². The van der Waals surface area contributed by atoms with Gasteiger partial charge in [-0.25, -0.2) is 8.42 Å². The van der Waals surface area contributed by atoms with E-state index in [0.29, 0.717) is 11.5 Å². The summed E-state index contributed by atoms with van der Waals surface area (Å²) in [7, 11) is -4.48. The van der Waals surface area contributed by atoms with Crippen LogP contribution in [0.5, 0.6) is 11.5 Å². The van der Waals surface area contributed by atoms with Crippen molar-refractivity contribution in [3.8, 4) is 11.5 Å². The Morgan fingerprint density at radius 2 is 1.56 bits per heavy atom. The molecule has 0 N–H and O–H groups in total. The fourth-order valence-electron chi connectivity index (χ4n) is 2.53. The van der Waals surface area contributed by atoms with Gasteiger partial charge in [0.05, 0.1) is 4.90 Å². The number of aryl methyl sites for hydroxylation is 1. The first-order valence-electron chi connectivity index (χ1n) is 8.32. The molecule has 2 aromatic rings. The number of unbranched alkanes of at least 4 members (excludes halogenated alkanes) is 4. The molecule has 0 saturated carbocycles. The molecule has 2 rings (SSSR count). The Morgan fingerprint density at radius 1 is 0.920 bits per heavy atom. The number of hydrogen-bond donors (Lipinski definition) is 0. The minimum atomic E-state index is -4.48. The Balaban J connectivity index is 0.00000312. The summed E-state index contributed by atoms with van der Waals surface area (Å²) in [6.07, 6.45) is 7.15. The van der Waals surface area contributed by atoms with Crippen molar-refractivity contribution in [2.45, 2.75) is 50.3 Å². The van der Waals surface area contributed by atoms with Crippen LogP contribution in [0.25, 0.3) is 0 Å². The molecule has 0 amide bonds. The molecule has 130 valence electrons. The van der Waals surface area contributed by atoms with E-state index in [9.17, 15) is 13.0 Å². The van der Waals surface area contributed by atoms with Crippen LogP contribution in [0.2, 0.25) is 0 Å². The maximum Gasteiger partial charge on any atom is 1.00 e. The fourth-order valence-corrected chi connectivity index (χ4v) is 3.03. The van der Waals surface area contributed by atoms with Crippen molar-refractivity contribution in [2.24, 2.45) is 0 Å². The summed E-state index contributed by atoms with van der Waals surface area (Å²) >= 11 is 0. The van der Waals surface area contributed by atoms with Gasteiger partial charge in [-0.3, -0.25) is 0 Å². The smallest absolute Gasteiger partial charge is 0.744 e. The van der Waals surface area contributed by atoms with E-state index in [1.54, 1.807) is 6.07 Å². The first-order chi connectivity index (χ1) is 11.5. The predicted octanol–water partition coefficient (Wildman–Crippen LogP) is 1.90. The van der Waals surface area contributed by atoms with E-state index in [4.69, 9.17) is 4.74 Å². The van der Waals surface area contributed by atoms with Gasteiger partial charge in [-0.2, -0.15) is 0 Å². The summed E-state index contributed by atoms with van der Waals surface area (Å²) in [5.74, 6) is 0.980. The average Bonchev–Trinajstić information content (AvgIpc) is 2.54.